The first-order valence-electron chi connectivity index (χ1n) is 5.00. The predicted molar refractivity (Wildman–Crippen MR) is 59.8 cm³/mol. The zero-order chi connectivity index (χ0) is 12.6. The number of hydrogen-bond donors (Lipinski definition) is 1. The predicted octanol–water partition coefficient (Wildman–Crippen LogP) is 2.37. The van der Waals surface area contributed by atoms with Crippen molar-refractivity contribution in [2.24, 2.45) is 0 Å². The summed E-state index contributed by atoms with van der Waals surface area (Å²) in [5, 5.41) is 9.40. The van der Waals surface area contributed by atoms with E-state index in [9.17, 15) is 9.50 Å². The Morgan fingerprint density at radius 3 is 2.75 bits per heavy atom. The van der Waals surface area contributed by atoms with Crippen molar-refractivity contribution in [3.63, 3.8) is 0 Å². The van der Waals surface area contributed by atoms with Gasteiger partial charge in [-0.1, -0.05) is 13.8 Å². The first-order valence-corrected chi connectivity index (χ1v) is 5.38. The molecule has 6 heteroatoms. The van der Waals surface area contributed by atoms with E-state index in [0.717, 1.165) is 6.20 Å². The van der Waals surface area contributed by atoms with Gasteiger partial charge in [-0.2, -0.15) is 0 Å². The lowest BCUT2D eigenvalue weighted by atomic mass is 10.2. The smallest absolute Gasteiger partial charge is 0.222 e. The van der Waals surface area contributed by atoms with Gasteiger partial charge in [0.1, 0.15) is 11.8 Å². The summed E-state index contributed by atoms with van der Waals surface area (Å²) in [5.41, 5.74) is -0.0953. The Balaban J connectivity index is 0.00000106. The number of methoxy groups -OCH3 is 1. The lowest BCUT2D eigenvalue weighted by molar-refractivity contribution is 0.105. The molecule has 0 spiro atoms. The molecule has 0 saturated heterocycles. The van der Waals surface area contributed by atoms with Crippen LogP contribution < -0.4 is 0 Å². The van der Waals surface area contributed by atoms with Crippen molar-refractivity contribution in [1.29, 1.82) is 0 Å². The van der Waals surface area contributed by atoms with Crippen LogP contribution in [-0.2, 0) is 4.74 Å². The summed E-state index contributed by atoms with van der Waals surface area (Å²) < 4.78 is 17.8. The second kappa shape index (κ2) is 8.38. The summed E-state index contributed by atoms with van der Waals surface area (Å²) >= 11 is 5.46. The van der Waals surface area contributed by atoms with Gasteiger partial charge in [-0.05, 0) is 11.6 Å². The van der Waals surface area contributed by atoms with Gasteiger partial charge in [0.2, 0.25) is 5.28 Å². The Labute approximate surface area is 99.4 Å². The van der Waals surface area contributed by atoms with E-state index in [1.165, 1.54) is 7.11 Å². The summed E-state index contributed by atoms with van der Waals surface area (Å²) in [7, 11) is 1.50. The molecule has 0 aliphatic rings. The van der Waals surface area contributed by atoms with Crippen LogP contribution in [0.1, 0.15) is 32.1 Å². The molecule has 0 fully saturated rings. The molecule has 0 amide bonds. The summed E-state index contributed by atoms with van der Waals surface area (Å²) in [6.07, 6.45) is 0.178. The number of nitrogens with zero attached hydrogens (tertiary/aromatic N) is 2. The first-order chi connectivity index (χ1) is 7.65. The van der Waals surface area contributed by atoms with Gasteiger partial charge in [0, 0.05) is 20.1 Å². The summed E-state index contributed by atoms with van der Waals surface area (Å²) in [5.74, 6) is -0.669. The fourth-order valence-electron chi connectivity index (χ4n) is 0.958. The summed E-state index contributed by atoms with van der Waals surface area (Å²) in [6.45, 7) is 4.32. The first kappa shape index (κ1) is 15.2. The maximum atomic E-state index is 13.1. The van der Waals surface area contributed by atoms with Crippen LogP contribution in [0.15, 0.2) is 6.20 Å². The lowest BCUT2D eigenvalue weighted by Crippen LogP contribution is -2.07. The Morgan fingerprint density at radius 2 is 2.19 bits per heavy atom. The van der Waals surface area contributed by atoms with E-state index < -0.39 is 11.9 Å². The van der Waals surface area contributed by atoms with Crippen molar-refractivity contribution >= 4 is 11.6 Å². The van der Waals surface area contributed by atoms with Crippen molar-refractivity contribution in [2.45, 2.75) is 26.4 Å². The highest BCUT2D eigenvalue weighted by atomic mass is 35.5. The van der Waals surface area contributed by atoms with Crippen molar-refractivity contribution in [3.8, 4) is 0 Å². The third-order valence-electron chi connectivity index (χ3n) is 1.65. The molecular formula is C10H16ClFN2O2. The number of aliphatic hydroxyl groups excluding tert-OH is 1. The molecule has 1 unspecified atom stereocenters. The number of halogens is 2. The molecule has 4 nitrogen and oxygen atoms in total. The second-order valence-corrected chi connectivity index (χ2v) is 3.01. The van der Waals surface area contributed by atoms with Crippen LogP contribution in [0, 0.1) is 5.82 Å². The Kier molecular flexibility index (Phi) is 7.97. The lowest BCUT2D eigenvalue weighted by Gasteiger charge is -2.09. The van der Waals surface area contributed by atoms with Gasteiger partial charge < -0.3 is 9.84 Å². The van der Waals surface area contributed by atoms with Crippen molar-refractivity contribution in [2.75, 3.05) is 13.7 Å². The molecule has 1 aromatic heterocycles. The van der Waals surface area contributed by atoms with Gasteiger partial charge in [0.25, 0.3) is 0 Å². The van der Waals surface area contributed by atoms with Gasteiger partial charge in [0.15, 0.2) is 5.82 Å². The minimum atomic E-state index is -1.02. The van der Waals surface area contributed by atoms with Gasteiger partial charge in [0.05, 0.1) is 6.20 Å². The van der Waals surface area contributed by atoms with Crippen LogP contribution in [0.5, 0.6) is 0 Å². The standard InChI is InChI=1S/C8H10ClFN2O2.C2H6/c1-14-3-2-6(13)7-5(10)4-11-8(9)12-7;1-2/h4,6,13H,2-3H2,1H3;1-2H3. The molecule has 16 heavy (non-hydrogen) atoms. The molecule has 1 aromatic rings. The maximum absolute atomic E-state index is 13.1. The van der Waals surface area contributed by atoms with Gasteiger partial charge in [-0.25, -0.2) is 14.4 Å². The number of aliphatic hydroxyl groups is 1. The molecule has 1 atom stereocenters. The molecule has 0 radical (unpaired) electrons. The maximum Gasteiger partial charge on any atom is 0.222 e. The molecule has 0 aliphatic heterocycles. The van der Waals surface area contributed by atoms with Crippen LogP contribution in [0.3, 0.4) is 0 Å². The molecule has 92 valence electrons. The van der Waals surface area contributed by atoms with Crippen LogP contribution in [0.4, 0.5) is 4.39 Å². The normalized spacial score (nSPS) is 11.6. The topological polar surface area (TPSA) is 55.2 Å². The highest BCUT2D eigenvalue weighted by Crippen LogP contribution is 2.18. The number of aromatic nitrogens is 2. The van der Waals surface area contributed by atoms with Gasteiger partial charge >= 0.3 is 0 Å². The second-order valence-electron chi connectivity index (χ2n) is 2.67. The third kappa shape index (κ3) is 4.83. The Morgan fingerprint density at radius 1 is 1.56 bits per heavy atom. The number of hydrogen-bond acceptors (Lipinski definition) is 4. The van der Waals surface area contributed by atoms with E-state index in [-0.39, 0.29) is 17.4 Å². The fraction of sp³-hybridized carbons (Fsp3) is 0.600. The monoisotopic (exact) mass is 250 g/mol. The van der Waals surface area contributed by atoms with E-state index in [0.29, 0.717) is 6.61 Å². The highest BCUT2D eigenvalue weighted by molar-refractivity contribution is 6.28. The summed E-state index contributed by atoms with van der Waals surface area (Å²) in [4.78, 5) is 7.04. The van der Waals surface area contributed by atoms with Gasteiger partial charge in [-0.15, -0.1) is 0 Å². The zero-order valence-electron chi connectivity index (χ0n) is 9.57. The van der Waals surface area contributed by atoms with Gasteiger partial charge in [-0.3, -0.25) is 0 Å². The average Bonchev–Trinajstić information content (AvgIpc) is 2.31. The summed E-state index contributed by atoms with van der Waals surface area (Å²) in [6, 6.07) is 0. The molecule has 1 N–H and O–H groups in total. The van der Waals surface area contributed by atoms with Crippen LogP contribution in [0.2, 0.25) is 5.28 Å². The number of rotatable bonds is 4. The molecule has 0 aliphatic carbocycles. The Hall–Kier alpha value is -0.780. The van der Waals surface area contributed by atoms with E-state index in [1.54, 1.807) is 0 Å². The minimum absolute atomic E-state index is 0.0853. The number of ether oxygens (including phenoxy) is 1. The quantitative estimate of drug-likeness (QED) is 0.834. The largest absolute Gasteiger partial charge is 0.387 e. The fourth-order valence-corrected chi connectivity index (χ4v) is 1.10. The molecule has 0 saturated carbocycles. The van der Waals surface area contributed by atoms with Crippen LogP contribution in [-0.4, -0.2) is 28.8 Å². The molecule has 0 bridgehead atoms. The minimum Gasteiger partial charge on any atom is -0.387 e. The molecular weight excluding hydrogens is 235 g/mol. The molecule has 0 aromatic carbocycles. The zero-order valence-corrected chi connectivity index (χ0v) is 10.3. The van der Waals surface area contributed by atoms with E-state index >= 15 is 0 Å². The van der Waals surface area contributed by atoms with E-state index in [2.05, 4.69) is 9.97 Å². The molecule has 1 heterocycles. The Bertz CT molecular complexity index is 313. The highest BCUT2D eigenvalue weighted by Gasteiger charge is 2.15. The van der Waals surface area contributed by atoms with Crippen LogP contribution in [0.25, 0.3) is 0 Å². The third-order valence-corrected chi connectivity index (χ3v) is 1.83. The molecule has 1 rings (SSSR count). The average molecular weight is 251 g/mol. The van der Waals surface area contributed by atoms with Crippen LogP contribution >= 0.6 is 11.6 Å². The van der Waals surface area contributed by atoms with Crippen molar-refractivity contribution in [3.05, 3.63) is 23.0 Å². The SMILES string of the molecule is CC.COCCC(O)c1nc(Cl)ncc1F. The van der Waals surface area contributed by atoms with Crippen molar-refractivity contribution < 1.29 is 14.2 Å². The van der Waals surface area contributed by atoms with Crippen molar-refractivity contribution in [1.82, 2.24) is 9.97 Å². The van der Waals surface area contributed by atoms with E-state index in [1.807, 2.05) is 13.8 Å². The van der Waals surface area contributed by atoms with E-state index in [4.69, 9.17) is 16.3 Å².